The summed E-state index contributed by atoms with van der Waals surface area (Å²) in [5.74, 6) is -1.01. The minimum Gasteiger partial charge on any atom is -0.481 e. The Labute approximate surface area is 129 Å². The van der Waals surface area contributed by atoms with Crippen LogP contribution in [0.2, 0.25) is 0 Å². The average molecular weight is 368 g/mol. The predicted molar refractivity (Wildman–Crippen MR) is 78.3 cm³/mol. The maximum atomic E-state index is 13.0. The fraction of sp³-hybridized carbons (Fsp3) is 0.500. The number of halogens is 4. The van der Waals surface area contributed by atoms with Crippen LogP contribution < -0.4 is 5.32 Å². The number of carbonyl (C=O) groups is 1. The van der Waals surface area contributed by atoms with E-state index in [1.807, 2.05) is 0 Å². The quantitative estimate of drug-likeness (QED) is 0.761. The lowest BCUT2D eigenvalue weighted by molar-refractivity contribution is -0.148. The van der Waals surface area contributed by atoms with Crippen molar-refractivity contribution >= 4 is 27.6 Å². The summed E-state index contributed by atoms with van der Waals surface area (Å²) < 4.78 is 39.3. The van der Waals surface area contributed by atoms with Crippen molar-refractivity contribution in [3.8, 4) is 0 Å². The zero-order valence-electron chi connectivity index (χ0n) is 11.7. The lowest BCUT2D eigenvalue weighted by Crippen LogP contribution is -2.37. The van der Waals surface area contributed by atoms with Crippen molar-refractivity contribution < 1.29 is 23.1 Å². The number of hydrogen-bond donors (Lipinski definition) is 2. The van der Waals surface area contributed by atoms with Gasteiger partial charge in [-0.25, -0.2) is 0 Å². The summed E-state index contributed by atoms with van der Waals surface area (Å²) in [7, 11) is 0. The molecule has 0 atom stereocenters. The first-order valence-corrected chi connectivity index (χ1v) is 7.29. The van der Waals surface area contributed by atoms with Gasteiger partial charge in [-0.1, -0.05) is 29.8 Å². The molecule has 118 valence electrons. The van der Waals surface area contributed by atoms with Crippen LogP contribution in [-0.2, 0) is 11.0 Å². The highest BCUT2D eigenvalue weighted by atomic mass is 79.9. The SMILES string of the molecule is CCC(CC)(CNc1cc(Br)ccc1C(F)(F)F)C(=O)O. The van der Waals surface area contributed by atoms with E-state index in [1.165, 1.54) is 12.1 Å². The summed E-state index contributed by atoms with van der Waals surface area (Å²) in [4.78, 5) is 11.4. The molecule has 1 rings (SSSR count). The Balaban J connectivity index is 3.08. The molecule has 0 aliphatic heterocycles. The number of benzene rings is 1. The lowest BCUT2D eigenvalue weighted by Gasteiger charge is -2.28. The Bertz CT molecular complexity index is 513. The van der Waals surface area contributed by atoms with Crippen molar-refractivity contribution in [1.82, 2.24) is 0 Å². The smallest absolute Gasteiger partial charge is 0.418 e. The van der Waals surface area contributed by atoms with Gasteiger partial charge < -0.3 is 10.4 Å². The molecule has 21 heavy (non-hydrogen) atoms. The van der Waals surface area contributed by atoms with Crippen LogP contribution in [0.25, 0.3) is 0 Å². The van der Waals surface area contributed by atoms with Crippen LogP contribution in [0, 0.1) is 5.41 Å². The van der Waals surface area contributed by atoms with Gasteiger partial charge >= 0.3 is 12.1 Å². The summed E-state index contributed by atoms with van der Waals surface area (Å²) in [5.41, 5.74) is -2.01. The Hall–Kier alpha value is -1.24. The molecule has 1 aromatic rings. The van der Waals surface area contributed by atoms with Crippen molar-refractivity contribution in [2.24, 2.45) is 5.41 Å². The van der Waals surface area contributed by atoms with Crippen molar-refractivity contribution in [3.05, 3.63) is 28.2 Å². The molecule has 0 saturated heterocycles. The largest absolute Gasteiger partial charge is 0.481 e. The minimum atomic E-state index is -4.49. The number of carboxylic acids is 1. The molecular formula is C14H17BrF3NO2. The van der Waals surface area contributed by atoms with E-state index < -0.39 is 23.1 Å². The van der Waals surface area contributed by atoms with E-state index in [4.69, 9.17) is 0 Å². The van der Waals surface area contributed by atoms with E-state index in [-0.39, 0.29) is 12.2 Å². The van der Waals surface area contributed by atoms with Crippen LogP contribution in [0.5, 0.6) is 0 Å². The highest BCUT2D eigenvalue weighted by molar-refractivity contribution is 9.10. The predicted octanol–water partition coefficient (Wildman–Crippen LogP) is 4.77. The molecule has 0 saturated carbocycles. The highest BCUT2D eigenvalue weighted by Crippen LogP contribution is 2.37. The number of hydrogen-bond acceptors (Lipinski definition) is 2. The molecule has 0 spiro atoms. The number of rotatable bonds is 6. The Kier molecular flexibility index (Phi) is 5.67. The van der Waals surface area contributed by atoms with Crippen molar-refractivity contribution in [2.45, 2.75) is 32.9 Å². The number of alkyl halides is 3. The molecule has 0 aromatic heterocycles. The van der Waals surface area contributed by atoms with Gasteiger partial charge in [0, 0.05) is 16.7 Å². The molecule has 0 radical (unpaired) electrons. The van der Waals surface area contributed by atoms with Crippen LogP contribution in [0.4, 0.5) is 18.9 Å². The first-order valence-electron chi connectivity index (χ1n) is 6.50. The molecule has 3 nitrogen and oxygen atoms in total. The van der Waals surface area contributed by atoms with Crippen molar-refractivity contribution in [1.29, 1.82) is 0 Å². The van der Waals surface area contributed by atoms with Gasteiger partial charge in [0.2, 0.25) is 0 Å². The third-order valence-electron chi connectivity index (χ3n) is 3.71. The lowest BCUT2D eigenvalue weighted by atomic mass is 9.82. The van der Waals surface area contributed by atoms with E-state index in [9.17, 15) is 23.1 Å². The Morgan fingerprint density at radius 2 is 1.86 bits per heavy atom. The summed E-state index contributed by atoms with van der Waals surface area (Å²) >= 11 is 3.12. The van der Waals surface area contributed by atoms with Gasteiger partial charge in [-0.15, -0.1) is 0 Å². The maximum absolute atomic E-state index is 13.0. The number of aliphatic carboxylic acids is 1. The highest BCUT2D eigenvalue weighted by Gasteiger charge is 2.37. The van der Waals surface area contributed by atoms with Crippen LogP contribution >= 0.6 is 15.9 Å². The molecule has 0 unspecified atom stereocenters. The Morgan fingerprint density at radius 1 is 1.29 bits per heavy atom. The van der Waals surface area contributed by atoms with Gasteiger partial charge in [-0.2, -0.15) is 13.2 Å². The molecule has 0 amide bonds. The van der Waals surface area contributed by atoms with E-state index in [2.05, 4.69) is 21.2 Å². The summed E-state index contributed by atoms with van der Waals surface area (Å²) in [6.07, 6.45) is -3.82. The van der Waals surface area contributed by atoms with Gasteiger partial charge in [-0.05, 0) is 31.0 Å². The van der Waals surface area contributed by atoms with Crippen LogP contribution in [-0.4, -0.2) is 17.6 Å². The standard InChI is InChI=1S/C14H17BrF3NO2/c1-3-13(4-2,12(20)21)8-19-11-7-9(15)5-6-10(11)14(16,17)18/h5-7,19H,3-4,8H2,1-2H3,(H,20,21). The monoisotopic (exact) mass is 367 g/mol. The third-order valence-corrected chi connectivity index (χ3v) is 4.20. The van der Waals surface area contributed by atoms with Crippen molar-refractivity contribution in [3.63, 3.8) is 0 Å². The molecular weight excluding hydrogens is 351 g/mol. The summed E-state index contributed by atoms with van der Waals surface area (Å²) in [6, 6.07) is 3.58. The fourth-order valence-electron chi connectivity index (χ4n) is 2.05. The maximum Gasteiger partial charge on any atom is 0.418 e. The second-order valence-electron chi connectivity index (χ2n) is 4.83. The number of anilines is 1. The zero-order chi connectivity index (χ0) is 16.3. The van der Waals surface area contributed by atoms with Crippen LogP contribution in [0.15, 0.2) is 22.7 Å². The van der Waals surface area contributed by atoms with E-state index >= 15 is 0 Å². The number of carboxylic acid groups (broad SMARTS) is 1. The summed E-state index contributed by atoms with van der Waals surface area (Å²) in [6.45, 7) is 3.37. The molecule has 1 aromatic carbocycles. The molecule has 7 heteroatoms. The first kappa shape index (κ1) is 17.8. The first-order chi connectivity index (χ1) is 9.66. The second kappa shape index (κ2) is 6.68. The average Bonchev–Trinajstić information content (AvgIpc) is 2.38. The van der Waals surface area contributed by atoms with Crippen LogP contribution in [0.3, 0.4) is 0 Å². The molecule has 0 fully saturated rings. The van der Waals surface area contributed by atoms with E-state index in [1.54, 1.807) is 13.8 Å². The van der Waals surface area contributed by atoms with Gasteiger partial charge in [0.1, 0.15) is 0 Å². The molecule has 0 bridgehead atoms. The Morgan fingerprint density at radius 3 is 2.29 bits per heavy atom. The number of nitrogens with one attached hydrogen (secondary N) is 1. The fourth-order valence-corrected chi connectivity index (χ4v) is 2.41. The molecule has 0 aliphatic rings. The van der Waals surface area contributed by atoms with Gasteiger partial charge in [0.25, 0.3) is 0 Å². The molecule has 0 heterocycles. The normalized spacial score (nSPS) is 12.3. The van der Waals surface area contributed by atoms with Gasteiger partial charge in [-0.3, -0.25) is 4.79 Å². The van der Waals surface area contributed by atoms with Crippen molar-refractivity contribution in [2.75, 3.05) is 11.9 Å². The van der Waals surface area contributed by atoms with Crippen LogP contribution in [0.1, 0.15) is 32.3 Å². The second-order valence-corrected chi connectivity index (χ2v) is 5.75. The van der Waals surface area contributed by atoms with Gasteiger partial charge in [0.15, 0.2) is 0 Å². The van der Waals surface area contributed by atoms with E-state index in [0.717, 1.165) is 6.07 Å². The molecule has 0 aliphatic carbocycles. The minimum absolute atomic E-state index is 0.0606. The molecule has 2 N–H and O–H groups in total. The third kappa shape index (κ3) is 4.12. The summed E-state index contributed by atoms with van der Waals surface area (Å²) in [5, 5.41) is 12.0. The van der Waals surface area contributed by atoms with E-state index in [0.29, 0.717) is 17.3 Å². The zero-order valence-corrected chi connectivity index (χ0v) is 13.3. The topological polar surface area (TPSA) is 49.3 Å². The van der Waals surface area contributed by atoms with Gasteiger partial charge in [0.05, 0.1) is 11.0 Å².